The molecule has 0 fully saturated rings. The third kappa shape index (κ3) is 5.35. The summed E-state index contributed by atoms with van der Waals surface area (Å²) in [5, 5.41) is 12.8. The van der Waals surface area contributed by atoms with Gasteiger partial charge in [-0.1, -0.05) is 60.3 Å². The number of ether oxygens (including phenoxy) is 1. The number of rotatable bonds is 9. The molecule has 1 heterocycles. The van der Waals surface area contributed by atoms with Gasteiger partial charge in [-0.3, -0.25) is 9.36 Å². The van der Waals surface area contributed by atoms with Crippen LogP contribution in [0.5, 0.6) is 5.75 Å². The van der Waals surface area contributed by atoms with E-state index in [-0.39, 0.29) is 11.7 Å². The lowest BCUT2D eigenvalue weighted by atomic mass is 10.3. The first-order valence-corrected chi connectivity index (χ1v) is 11.5. The van der Waals surface area contributed by atoms with Crippen molar-refractivity contribution in [3.8, 4) is 11.4 Å². The summed E-state index contributed by atoms with van der Waals surface area (Å²) < 4.78 is 7.40. The van der Waals surface area contributed by atoms with E-state index in [0.29, 0.717) is 11.7 Å². The number of thioether (sulfide) groups is 1. The van der Waals surface area contributed by atoms with Crippen LogP contribution in [0.2, 0.25) is 0 Å². The quantitative estimate of drug-likeness (QED) is 0.368. The highest BCUT2D eigenvalue weighted by atomic mass is 32.2. The molecule has 8 heteroatoms. The number of methoxy groups -OCH3 is 1. The Labute approximate surface area is 197 Å². The van der Waals surface area contributed by atoms with Crippen molar-refractivity contribution in [3.63, 3.8) is 0 Å². The van der Waals surface area contributed by atoms with Gasteiger partial charge in [0.1, 0.15) is 5.75 Å². The minimum atomic E-state index is -0.0116. The normalized spacial score (nSPS) is 10.6. The largest absolute Gasteiger partial charge is 0.495 e. The standard InChI is InChI=1S/C25H25N5O2S/c1-29(19-11-5-3-6-12-19)24(31)18-33-25-28-27-23(30(25)20-13-7-4-8-14-20)17-26-21-15-9-10-16-22(21)32-2/h3-16,26H,17-18H2,1-2H3. The summed E-state index contributed by atoms with van der Waals surface area (Å²) >= 11 is 1.37. The molecule has 0 atom stereocenters. The van der Waals surface area contributed by atoms with E-state index in [0.717, 1.165) is 28.6 Å². The molecule has 0 aliphatic carbocycles. The Morgan fingerprint density at radius 2 is 1.64 bits per heavy atom. The van der Waals surface area contributed by atoms with Gasteiger partial charge in [-0.25, -0.2) is 0 Å². The van der Waals surface area contributed by atoms with E-state index in [1.165, 1.54) is 11.8 Å². The van der Waals surface area contributed by atoms with Crippen LogP contribution in [0.15, 0.2) is 90.1 Å². The van der Waals surface area contributed by atoms with Crippen LogP contribution in [0.25, 0.3) is 5.69 Å². The third-order valence-electron chi connectivity index (χ3n) is 5.10. The number of carbonyl (C=O) groups excluding carboxylic acids is 1. The van der Waals surface area contributed by atoms with Gasteiger partial charge in [-0.2, -0.15) is 0 Å². The number of anilines is 2. The van der Waals surface area contributed by atoms with Crippen LogP contribution in [-0.4, -0.2) is 40.6 Å². The average Bonchev–Trinajstić information content (AvgIpc) is 3.29. The lowest BCUT2D eigenvalue weighted by Gasteiger charge is -2.17. The maximum Gasteiger partial charge on any atom is 0.237 e. The molecule has 33 heavy (non-hydrogen) atoms. The Kier molecular flexibility index (Phi) is 7.26. The molecule has 0 unspecified atom stereocenters. The Morgan fingerprint density at radius 1 is 0.970 bits per heavy atom. The van der Waals surface area contributed by atoms with Crippen LogP contribution in [0.4, 0.5) is 11.4 Å². The maximum atomic E-state index is 12.8. The zero-order valence-corrected chi connectivity index (χ0v) is 19.3. The summed E-state index contributed by atoms with van der Waals surface area (Å²) in [5.41, 5.74) is 2.66. The van der Waals surface area contributed by atoms with Crippen molar-refractivity contribution >= 4 is 29.0 Å². The number of nitrogens with one attached hydrogen (secondary N) is 1. The highest BCUT2D eigenvalue weighted by Crippen LogP contribution is 2.26. The fourth-order valence-corrected chi connectivity index (χ4v) is 4.21. The molecule has 4 rings (SSSR count). The second kappa shape index (κ2) is 10.7. The van der Waals surface area contributed by atoms with E-state index < -0.39 is 0 Å². The molecule has 7 nitrogen and oxygen atoms in total. The first-order valence-electron chi connectivity index (χ1n) is 10.5. The summed E-state index contributed by atoms with van der Waals surface area (Å²) in [7, 11) is 3.42. The van der Waals surface area contributed by atoms with Crippen molar-refractivity contribution in [2.75, 3.05) is 30.1 Å². The highest BCUT2D eigenvalue weighted by Gasteiger charge is 2.18. The Bertz CT molecular complexity index is 1200. The lowest BCUT2D eigenvalue weighted by Crippen LogP contribution is -2.27. The van der Waals surface area contributed by atoms with Crippen molar-refractivity contribution in [2.45, 2.75) is 11.7 Å². The van der Waals surface area contributed by atoms with E-state index in [2.05, 4.69) is 15.5 Å². The van der Waals surface area contributed by atoms with Crippen LogP contribution < -0.4 is 15.0 Å². The third-order valence-corrected chi connectivity index (χ3v) is 6.01. The Morgan fingerprint density at radius 3 is 2.36 bits per heavy atom. The molecule has 0 saturated heterocycles. The number of amides is 1. The van der Waals surface area contributed by atoms with Gasteiger partial charge in [0.25, 0.3) is 0 Å². The maximum absolute atomic E-state index is 12.8. The minimum Gasteiger partial charge on any atom is -0.495 e. The highest BCUT2D eigenvalue weighted by molar-refractivity contribution is 7.99. The summed E-state index contributed by atoms with van der Waals surface area (Å²) in [4.78, 5) is 14.4. The first-order chi connectivity index (χ1) is 16.2. The zero-order chi connectivity index (χ0) is 23.0. The molecular formula is C25H25N5O2S. The number of hydrogen-bond donors (Lipinski definition) is 1. The molecular weight excluding hydrogens is 434 g/mol. The molecule has 1 N–H and O–H groups in total. The number of nitrogens with zero attached hydrogens (tertiary/aromatic N) is 4. The molecule has 1 aromatic heterocycles. The predicted octanol–water partition coefficient (Wildman–Crippen LogP) is 4.64. The first kappa shape index (κ1) is 22.4. The number of aromatic nitrogens is 3. The summed E-state index contributed by atoms with van der Waals surface area (Å²) in [6, 6.07) is 27.2. The van der Waals surface area contributed by atoms with Crippen LogP contribution in [0.3, 0.4) is 0 Å². The van der Waals surface area contributed by atoms with Crippen molar-refractivity contribution in [2.24, 2.45) is 0 Å². The molecule has 168 valence electrons. The molecule has 0 aliphatic heterocycles. The zero-order valence-electron chi connectivity index (χ0n) is 18.5. The molecule has 3 aromatic carbocycles. The molecule has 0 saturated carbocycles. The van der Waals surface area contributed by atoms with Gasteiger partial charge in [-0.05, 0) is 36.4 Å². The van der Waals surface area contributed by atoms with Gasteiger partial charge in [0, 0.05) is 18.4 Å². The van der Waals surface area contributed by atoms with Crippen LogP contribution in [0, 0.1) is 0 Å². The van der Waals surface area contributed by atoms with E-state index in [9.17, 15) is 4.79 Å². The average molecular weight is 460 g/mol. The number of hydrogen-bond acceptors (Lipinski definition) is 6. The summed E-state index contributed by atoms with van der Waals surface area (Å²) in [6.45, 7) is 0.445. The van der Waals surface area contributed by atoms with Crippen molar-refractivity contribution < 1.29 is 9.53 Å². The Hall–Kier alpha value is -3.78. The van der Waals surface area contributed by atoms with E-state index in [4.69, 9.17) is 4.74 Å². The van der Waals surface area contributed by atoms with E-state index >= 15 is 0 Å². The molecule has 1 amide bonds. The fraction of sp³-hybridized carbons (Fsp3) is 0.160. The molecule has 0 radical (unpaired) electrons. The van der Waals surface area contributed by atoms with Crippen LogP contribution in [0.1, 0.15) is 5.82 Å². The SMILES string of the molecule is COc1ccccc1NCc1nnc(SCC(=O)N(C)c2ccccc2)n1-c1ccccc1. The van der Waals surface area contributed by atoms with Crippen LogP contribution >= 0.6 is 11.8 Å². The second-order valence-corrected chi connectivity index (χ2v) is 8.14. The molecule has 0 bridgehead atoms. The van der Waals surface area contributed by atoms with Gasteiger partial charge in [0.05, 0.1) is 25.1 Å². The number of para-hydroxylation sites is 4. The van der Waals surface area contributed by atoms with Crippen molar-refractivity contribution in [1.82, 2.24) is 14.8 Å². The van der Waals surface area contributed by atoms with Crippen LogP contribution in [-0.2, 0) is 11.3 Å². The second-order valence-electron chi connectivity index (χ2n) is 7.20. The van der Waals surface area contributed by atoms with Gasteiger partial charge < -0.3 is 15.0 Å². The minimum absolute atomic E-state index is 0.0116. The fourth-order valence-electron chi connectivity index (χ4n) is 3.33. The molecule has 4 aromatic rings. The summed E-state index contributed by atoms with van der Waals surface area (Å²) in [5.74, 6) is 1.73. The predicted molar refractivity (Wildman–Crippen MR) is 132 cm³/mol. The number of benzene rings is 3. The van der Waals surface area contributed by atoms with Gasteiger partial charge in [0.15, 0.2) is 11.0 Å². The monoisotopic (exact) mass is 459 g/mol. The smallest absolute Gasteiger partial charge is 0.237 e. The van der Waals surface area contributed by atoms with Gasteiger partial charge >= 0.3 is 0 Å². The van der Waals surface area contributed by atoms with E-state index in [1.807, 2.05) is 89.5 Å². The summed E-state index contributed by atoms with van der Waals surface area (Å²) in [6.07, 6.45) is 0. The lowest BCUT2D eigenvalue weighted by molar-refractivity contribution is -0.115. The molecule has 0 aliphatic rings. The van der Waals surface area contributed by atoms with Gasteiger partial charge in [-0.15, -0.1) is 10.2 Å². The topological polar surface area (TPSA) is 72.3 Å². The van der Waals surface area contributed by atoms with E-state index in [1.54, 1.807) is 19.1 Å². The molecule has 0 spiro atoms. The van der Waals surface area contributed by atoms with Gasteiger partial charge in [0.2, 0.25) is 5.91 Å². The van der Waals surface area contributed by atoms with Crippen molar-refractivity contribution in [1.29, 1.82) is 0 Å². The number of carbonyl (C=O) groups is 1. The van der Waals surface area contributed by atoms with Crippen molar-refractivity contribution in [3.05, 3.63) is 90.8 Å². The Balaban J connectivity index is 1.53.